The Morgan fingerprint density at radius 3 is 1.78 bits per heavy atom. The first kappa shape index (κ1) is 31.1. The van der Waals surface area contributed by atoms with Gasteiger partial charge in [-0.3, -0.25) is 0 Å². The normalized spacial score (nSPS) is 11.6. The number of nitrogens with zero attached hydrogens (tertiary/aromatic N) is 2. The third-order valence-corrected chi connectivity index (χ3v) is 10.7. The van der Waals surface area contributed by atoms with Crippen molar-refractivity contribution in [3.05, 3.63) is 194 Å². The van der Waals surface area contributed by atoms with Crippen molar-refractivity contribution < 1.29 is 8.83 Å². The second kappa shape index (κ2) is 12.6. The lowest BCUT2D eigenvalue weighted by Crippen LogP contribution is -2.10. The number of fused-ring (bicyclic) bond motifs is 7. The highest BCUT2D eigenvalue weighted by Crippen LogP contribution is 2.47. The summed E-state index contributed by atoms with van der Waals surface area (Å²) >= 11 is 0. The third kappa shape index (κ3) is 5.11. The van der Waals surface area contributed by atoms with E-state index in [0.29, 0.717) is 5.89 Å². The molecule has 0 saturated heterocycles. The monoisotopic (exact) mass is 704 g/mol. The van der Waals surface area contributed by atoms with Crippen molar-refractivity contribution in [3.63, 3.8) is 0 Å². The summed E-state index contributed by atoms with van der Waals surface area (Å²) in [6.07, 6.45) is 0. The number of para-hydroxylation sites is 3. The molecule has 0 saturated carbocycles. The fraction of sp³-hybridized carbons (Fsp3) is 0. The van der Waals surface area contributed by atoms with Crippen LogP contribution in [0.1, 0.15) is 0 Å². The molecule has 0 bridgehead atoms. The van der Waals surface area contributed by atoms with Crippen LogP contribution in [0.3, 0.4) is 0 Å². The summed E-state index contributed by atoms with van der Waals surface area (Å²) in [4.78, 5) is 7.27. The van der Waals surface area contributed by atoms with Crippen LogP contribution in [0.5, 0.6) is 0 Å². The van der Waals surface area contributed by atoms with Gasteiger partial charge in [-0.2, -0.15) is 0 Å². The maximum Gasteiger partial charge on any atom is 0.227 e. The molecule has 0 atom stereocenters. The van der Waals surface area contributed by atoms with Crippen molar-refractivity contribution in [1.29, 1.82) is 0 Å². The van der Waals surface area contributed by atoms with E-state index in [1.165, 1.54) is 11.1 Å². The molecule has 4 heteroatoms. The summed E-state index contributed by atoms with van der Waals surface area (Å²) in [7, 11) is 0. The van der Waals surface area contributed by atoms with Crippen LogP contribution >= 0.6 is 0 Å². The zero-order valence-electron chi connectivity index (χ0n) is 29.7. The van der Waals surface area contributed by atoms with Gasteiger partial charge in [-0.05, 0) is 87.6 Å². The highest BCUT2D eigenvalue weighted by Gasteiger charge is 2.22. The Labute approximate surface area is 317 Å². The van der Waals surface area contributed by atoms with Crippen LogP contribution in [0.2, 0.25) is 0 Å². The smallest absolute Gasteiger partial charge is 0.227 e. The molecule has 11 aromatic rings. The Kier molecular flexibility index (Phi) is 7.14. The van der Waals surface area contributed by atoms with Gasteiger partial charge in [0.15, 0.2) is 5.58 Å². The van der Waals surface area contributed by atoms with Gasteiger partial charge in [0.05, 0.1) is 5.69 Å². The summed E-state index contributed by atoms with van der Waals surface area (Å²) < 4.78 is 13.1. The molecule has 0 radical (unpaired) electrons. The van der Waals surface area contributed by atoms with Crippen molar-refractivity contribution >= 4 is 71.6 Å². The SMILES string of the molecule is c1ccc(-c2ccc(N(c3ccccc3)c3ccc(-c4cccc5oc6c7ccccc7c(-c7nc8ccccc8o7)cc6c45)c4ccccc34)cc2)cc1. The van der Waals surface area contributed by atoms with E-state index in [4.69, 9.17) is 13.8 Å². The quantitative estimate of drug-likeness (QED) is 0.173. The fourth-order valence-corrected chi connectivity index (χ4v) is 8.19. The molecule has 55 heavy (non-hydrogen) atoms. The molecule has 0 aliphatic carbocycles. The third-order valence-electron chi connectivity index (χ3n) is 10.7. The van der Waals surface area contributed by atoms with Crippen LogP contribution in [-0.2, 0) is 0 Å². The van der Waals surface area contributed by atoms with E-state index in [0.717, 1.165) is 88.3 Å². The van der Waals surface area contributed by atoms with Gasteiger partial charge in [0.2, 0.25) is 5.89 Å². The van der Waals surface area contributed by atoms with E-state index in [2.05, 4.69) is 175 Å². The van der Waals surface area contributed by atoms with Gasteiger partial charge in [-0.1, -0.05) is 140 Å². The van der Waals surface area contributed by atoms with Gasteiger partial charge in [0.25, 0.3) is 0 Å². The molecular weight excluding hydrogens is 673 g/mol. The molecule has 0 amide bonds. The first-order chi connectivity index (χ1) is 27.3. The van der Waals surface area contributed by atoms with Crippen LogP contribution in [0.4, 0.5) is 17.1 Å². The van der Waals surface area contributed by atoms with Gasteiger partial charge in [0.1, 0.15) is 16.7 Å². The topological polar surface area (TPSA) is 42.4 Å². The standard InChI is InChI=1S/C51H32N2O2/c1-3-14-33(15-4-1)34-26-28-36(29-27-34)53(35-16-5-2-6-17-35)46-31-30-39(37-18-7-9-20-40(37)46)41-22-13-25-48-49(41)44-32-43(38-19-8-10-21-42(38)50(44)54-48)51-52-45-23-11-12-24-47(45)55-51/h1-32H. The van der Waals surface area contributed by atoms with E-state index in [-0.39, 0.29) is 0 Å². The van der Waals surface area contributed by atoms with Crippen LogP contribution in [0.25, 0.3) is 88.3 Å². The minimum absolute atomic E-state index is 0.596. The molecule has 0 spiro atoms. The Bertz CT molecular complexity index is 3170. The number of furan rings is 1. The molecule has 2 heterocycles. The Balaban J connectivity index is 1.12. The first-order valence-electron chi connectivity index (χ1n) is 18.5. The lowest BCUT2D eigenvalue weighted by Gasteiger charge is -2.27. The van der Waals surface area contributed by atoms with E-state index >= 15 is 0 Å². The number of hydrogen-bond acceptors (Lipinski definition) is 4. The highest BCUT2D eigenvalue weighted by atomic mass is 16.3. The number of rotatable bonds is 6. The molecule has 0 N–H and O–H groups in total. The molecule has 9 aromatic carbocycles. The molecule has 258 valence electrons. The Morgan fingerprint density at radius 1 is 0.382 bits per heavy atom. The van der Waals surface area contributed by atoms with Gasteiger partial charge < -0.3 is 13.7 Å². The molecule has 11 rings (SSSR count). The minimum Gasteiger partial charge on any atom is -0.455 e. The van der Waals surface area contributed by atoms with Crippen molar-refractivity contribution in [2.75, 3.05) is 4.90 Å². The number of aromatic nitrogens is 1. The second-order valence-corrected chi connectivity index (χ2v) is 13.9. The molecule has 4 nitrogen and oxygen atoms in total. The number of anilines is 3. The van der Waals surface area contributed by atoms with Crippen molar-refractivity contribution in [2.45, 2.75) is 0 Å². The summed E-state index contributed by atoms with van der Waals surface area (Å²) in [6, 6.07) is 68.1. The predicted molar refractivity (Wildman–Crippen MR) is 227 cm³/mol. The van der Waals surface area contributed by atoms with Crippen molar-refractivity contribution in [2.24, 2.45) is 0 Å². The molecular formula is C51H32N2O2. The molecule has 0 aliphatic rings. The van der Waals surface area contributed by atoms with Crippen LogP contribution in [0, 0.1) is 0 Å². The van der Waals surface area contributed by atoms with Crippen LogP contribution in [-0.4, -0.2) is 4.98 Å². The molecule has 0 aliphatic heterocycles. The fourth-order valence-electron chi connectivity index (χ4n) is 8.19. The van der Waals surface area contributed by atoms with Crippen LogP contribution < -0.4 is 4.90 Å². The van der Waals surface area contributed by atoms with Gasteiger partial charge in [0, 0.05) is 38.5 Å². The van der Waals surface area contributed by atoms with Gasteiger partial charge in [-0.25, -0.2) is 4.98 Å². The summed E-state index contributed by atoms with van der Waals surface area (Å²) in [5, 5.41) is 6.46. The molecule has 0 fully saturated rings. The molecule has 0 unspecified atom stereocenters. The van der Waals surface area contributed by atoms with Gasteiger partial charge in [-0.15, -0.1) is 0 Å². The number of oxazole rings is 1. The lowest BCUT2D eigenvalue weighted by atomic mass is 9.92. The second-order valence-electron chi connectivity index (χ2n) is 13.9. The Hall–Kier alpha value is -7.43. The summed E-state index contributed by atoms with van der Waals surface area (Å²) in [5.74, 6) is 0.596. The van der Waals surface area contributed by atoms with E-state index in [9.17, 15) is 0 Å². The Morgan fingerprint density at radius 2 is 1.00 bits per heavy atom. The van der Waals surface area contributed by atoms with Gasteiger partial charge >= 0.3 is 0 Å². The highest BCUT2D eigenvalue weighted by molar-refractivity contribution is 6.23. The van der Waals surface area contributed by atoms with Crippen molar-refractivity contribution in [3.8, 4) is 33.7 Å². The average Bonchev–Trinajstić information content (AvgIpc) is 3.87. The maximum atomic E-state index is 6.75. The van der Waals surface area contributed by atoms with Crippen molar-refractivity contribution in [1.82, 2.24) is 4.98 Å². The largest absolute Gasteiger partial charge is 0.455 e. The predicted octanol–water partition coefficient (Wildman–Crippen LogP) is 14.5. The average molecular weight is 705 g/mol. The van der Waals surface area contributed by atoms with E-state index in [1.54, 1.807) is 0 Å². The van der Waals surface area contributed by atoms with E-state index < -0.39 is 0 Å². The molecule has 2 aromatic heterocycles. The maximum absolute atomic E-state index is 6.75. The first-order valence-corrected chi connectivity index (χ1v) is 18.5. The van der Waals surface area contributed by atoms with E-state index in [1.807, 2.05) is 24.3 Å². The summed E-state index contributed by atoms with van der Waals surface area (Å²) in [6.45, 7) is 0. The zero-order valence-corrected chi connectivity index (χ0v) is 29.7. The van der Waals surface area contributed by atoms with Crippen LogP contribution in [0.15, 0.2) is 203 Å². The number of hydrogen-bond donors (Lipinski definition) is 0. The lowest BCUT2D eigenvalue weighted by molar-refractivity contribution is 0.620. The zero-order chi connectivity index (χ0) is 36.3. The number of benzene rings is 9. The summed E-state index contributed by atoms with van der Waals surface area (Å²) in [5.41, 5.74) is 12.1. The minimum atomic E-state index is 0.596.